The Labute approximate surface area is 97.3 Å². The molecule has 0 saturated heterocycles. The van der Waals surface area contributed by atoms with E-state index in [4.69, 9.17) is 5.73 Å². The molecule has 1 aromatic carbocycles. The molecule has 0 unspecified atom stereocenters. The summed E-state index contributed by atoms with van der Waals surface area (Å²) in [5.74, 6) is -0.414. The monoisotopic (exact) mass is 232 g/mol. The smallest absolute Gasteiger partial charge is 0.355 e. The molecule has 0 radical (unpaired) electrons. The van der Waals surface area contributed by atoms with Crippen molar-refractivity contribution in [2.75, 3.05) is 5.73 Å². The highest BCUT2D eigenvalue weighted by atomic mass is 16.2. The number of nitrogens with two attached hydrogens (primary N) is 1. The minimum atomic E-state index is -0.515. The average Bonchev–Trinajstić information content (AvgIpc) is 2.58. The largest absolute Gasteiger partial charge is 0.368 e. The van der Waals surface area contributed by atoms with E-state index in [1.54, 1.807) is 0 Å². The van der Waals surface area contributed by atoms with E-state index in [2.05, 4.69) is 5.10 Å². The minimum absolute atomic E-state index is 0.0362. The third kappa shape index (κ3) is 2.10. The van der Waals surface area contributed by atoms with Crippen molar-refractivity contribution in [2.45, 2.75) is 13.5 Å². The van der Waals surface area contributed by atoms with E-state index in [0.717, 1.165) is 10.2 Å². The van der Waals surface area contributed by atoms with Crippen LogP contribution in [0.1, 0.15) is 17.3 Å². The van der Waals surface area contributed by atoms with Gasteiger partial charge in [0.15, 0.2) is 0 Å². The molecule has 88 valence electrons. The van der Waals surface area contributed by atoms with Crippen molar-refractivity contribution >= 4 is 11.9 Å². The maximum atomic E-state index is 11.8. The molecule has 0 amide bonds. The number of carbonyl (C=O) groups is 1. The summed E-state index contributed by atoms with van der Waals surface area (Å²) in [6, 6.07) is 9.36. The van der Waals surface area contributed by atoms with Crippen molar-refractivity contribution < 1.29 is 4.79 Å². The van der Waals surface area contributed by atoms with Gasteiger partial charge in [0.05, 0.1) is 6.54 Å². The Hall–Kier alpha value is -2.37. The van der Waals surface area contributed by atoms with Gasteiger partial charge in [0, 0.05) is 6.92 Å². The van der Waals surface area contributed by atoms with Crippen LogP contribution < -0.4 is 11.4 Å². The summed E-state index contributed by atoms with van der Waals surface area (Å²) in [5, 5.41) is 3.70. The summed E-state index contributed by atoms with van der Waals surface area (Å²) in [4.78, 5) is 22.9. The van der Waals surface area contributed by atoms with Crippen LogP contribution in [0.2, 0.25) is 0 Å². The van der Waals surface area contributed by atoms with Gasteiger partial charge in [-0.3, -0.25) is 9.36 Å². The van der Waals surface area contributed by atoms with E-state index in [9.17, 15) is 9.59 Å². The Morgan fingerprint density at radius 1 is 1.35 bits per heavy atom. The van der Waals surface area contributed by atoms with E-state index < -0.39 is 11.6 Å². The molecule has 0 aliphatic rings. The summed E-state index contributed by atoms with van der Waals surface area (Å²) in [5.41, 5.74) is 6.01. The van der Waals surface area contributed by atoms with Crippen LogP contribution in [0.4, 0.5) is 5.95 Å². The van der Waals surface area contributed by atoms with Gasteiger partial charge in [-0.1, -0.05) is 30.3 Å². The number of hydrogen-bond donors (Lipinski definition) is 1. The molecule has 6 heteroatoms. The fourth-order valence-corrected chi connectivity index (χ4v) is 1.53. The van der Waals surface area contributed by atoms with Gasteiger partial charge in [0.25, 0.3) is 0 Å². The Morgan fingerprint density at radius 2 is 2.00 bits per heavy atom. The highest BCUT2D eigenvalue weighted by molar-refractivity contribution is 5.74. The first-order valence-corrected chi connectivity index (χ1v) is 5.10. The molecule has 0 bridgehead atoms. The average molecular weight is 232 g/mol. The second kappa shape index (κ2) is 4.25. The van der Waals surface area contributed by atoms with Gasteiger partial charge in [-0.2, -0.15) is 0 Å². The molecular weight excluding hydrogens is 220 g/mol. The van der Waals surface area contributed by atoms with E-state index in [0.29, 0.717) is 6.54 Å². The lowest BCUT2D eigenvalue weighted by molar-refractivity contribution is 0.0916. The van der Waals surface area contributed by atoms with Crippen molar-refractivity contribution in [3.05, 3.63) is 46.4 Å². The lowest BCUT2D eigenvalue weighted by Crippen LogP contribution is -2.28. The molecule has 2 aromatic rings. The van der Waals surface area contributed by atoms with Crippen molar-refractivity contribution in [2.24, 2.45) is 0 Å². The third-order valence-electron chi connectivity index (χ3n) is 2.37. The zero-order valence-corrected chi connectivity index (χ0v) is 9.33. The topological polar surface area (TPSA) is 82.9 Å². The highest BCUT2D eigenvalue weighted by Crippen LogP contribution is 2.03. The predicted molar refractivity (Wildman–Crippen MR) is 62.7 cm³/mol. The van der Waals surface area contributed by atoms with Gasteiger partial charge in [-0.15, -0.1) is 9.78 Å². The molecule has 0 aliphatic carbocycles. The van der Waals surface area contributed by atoms with Gasteiger partial charge in [-0.25, -0.2) is 4.79 Å². The summed E-state index contributed by atoms with van der Waals surface area (Å²) in [7, 11) is 0. The van der Waals surface area contributed by atoms with Crippen LogP contribution in [0.25, 0.3) is 0 Å². The molecule has 0 fully saturated rings. The molecule has 2 N–H and O–H groups in total. The van der Waals surface area contributed by atoms with Crippen molar-refractivity contribution in [3.63, 3.8) is 0 Å². The van der Waals surface area contributed by atoms with Gasteiger partial charge >= 0.3 is 5.69 Å². The fraction of sp³-hybridized carbons (Fsp3) is 0.182. The maximum Gasteiger partial charge on any atom is 0.355 e. The van der Waals surface area contributed by atoms with Crippen LogP contribution in [-0.2, 0) is 6.54 Å². The Balaban J connectivity index is 2.41. The minimum Gasteiger partial charge on any atom is -0.368 e. The third-order valence-corrected chi connectivity index (χ3v) is 2.37. The molecule has 1 aromatic heterocycles. The van der Waals surface area contributed by atoms with E-state index >= 15 is 0 Å². The normalized spacial score (nSPS) is 10.4. The van der Waals surface area contributed by atoms with Crippen LogP contribution in [0, 0.1) is 0 Å². The van der Waals surface area contributed by atoms with E-state index in [-0.39, 0.29) is 5.95 Å². The number of hydrogen-bond acceptors (Lipinski definition) is 4. The Kier molecular flexibility index (Phi) is 2.78. The molecule has 0 atom stereocenters. The number of aromatic nitrogens is 3. The zero-order chi connectivity index (χ0) is 12.4. The molecular formula is C11H12N4O2. The van der Waals surface area contributed by atoms with E-state index in [1.165, 1.54) is 11.5 Å². The number of anilines is 1. The molecule has 1 heterocycles. The molecule has 6 nitrogen and oxygen atoms in total. The Bertz CT molecular complexity index is 598. The van der Waals surface area contributed by atoms with Crippen LogP contribution in [-0.4, -0.2) is 20.3 Å². The molecule has 0 aliphatic heterocycles. The van der Waals surface area contributed by atoms with Gasteiger partial charge in [0.1, 0.15) is 0 Å². The second-order valence-electron chi connectivity index (χ2n) is 3.64. The zero-order valence-electron chi connectivity index (χ0n) is 9.33. The summed E-state index contributed by atoms with van der Waals surface area (Å²) in [6.45, 7) is 1.57. The lowest BCUT2D eigenvalue weighted by Gasteiger charge is -2.01. The fourth-order valence-electron chi connectivity index (χ4n) is 1.53. The van der Waals surface area contributed by atoms with Gasteiger partial charge < -0.3 is 5.73 Å². The second-order valence-corrected chi connectivity index (χ2v) is 3.64. The SMILES string of the molecule is CC(=O)n1nc(N)n(Cc2ccccc2)c1=O. The van der Waals surface area contributed by atoms with Crippen LogP contribution >= 0.6 is 0 Å². The Morgan fingerprint density at radius 3 is 2.53 bits per heavy atom. The first-order valence-electron chi connectivity index (χ1n) is 5.10. The quantitative estimate of drug-likeness (QED) is 0.809. The maximum absolute atomic E-state index is 11.8. The highest BCUT2D eigenvalue weighted by Gasteiger charge is 2.13. The first-order chi connectivity index (χ1) is 8.09. The van der Waals surface area contributed by atoms with Crippen LogP contribution in [0.15, 0.2) is 35.1 Å². The molecule has 0 spiro atoms. The van der Waals surface area contributed by atoms with Crippen LogP contribution in [0.3, 0.4) is 0 Å². The standard InChI is InChI=1S/C11H12N4O2/c1-8(16)15-11(17)14(10(12)13-15)7-9-5-3-2-4-6-9/h2-6H,7H2,1H3,(H2,12,13). The number of benzene rings is 1. The molecule has 0 saturated carbocycles. The van der Waals surface area contributed by atoms with Crippen molar-refractivity contribution in [1.82, 2.24) is 14.3 Å². The van der Waals surface area contributed by atoms with Crippen LogP contribution in [0.5, 0.6) is 0 Å². The van der Waals surface area contributed by atoms with E-state index in [1.807, 2.05) is 30.3 Å². The summed E-state index contributed by atoms with van der Waals surface area (Å²) < 4.78 is 2.02. The summed E-state index contributed by atoms with van der Waals surface area (Å²) in [6.07, 6.45) is 0. The van der Waals surface area contributed by atoms with Crippen molar-refractivity contribution in [1.29, 1.82) is 0 Å². The number of nitrogens with zero attached hydrogens (tertiary/aromatic N) is 3. The lowest BCUT2D eigenvalue weighted by atomic mass is 10.2. The number of nitrogen functional groups attached to an aromatic ring is 1. The number of rotatable bonds is 2. The van der Waals surface area contributed by atoms with Gasteiger partial charge in [0.2, 0.25) is 11.9 Å². The number of carbonyl (C=O) groups excluding carboxylic acids is 1. The molecule has 2 rings (SSSR count). The summed E-state index contributed by atoms with van der Waals surface area (Å²) >= 11 is 0. The molecule has 17 heavy (non-hydrogen) atoms. The predicted octanol–water partition coefficient (Wildman–Crippen LogP) is 0.335. The first kappa shape index (κ1) is 11.1. The van der Waals surface area contributed by atoms with Crippen molar-refractivity contribution in [3.8, 4) is 0 Å². The van der Waals surface area contributed by atoms with Gasteiger partial charge in [-0.05, 0) is 5.56 Å².